The zero-order valence-electron chi connectivity index (χ0n) is 10.4. The molecule has 19 heavy (non-hydrogen) atoms. The van der Waals surface area contributed by atoms with Crippen molar-refractivity contribution < 1.29 is 4.79 Å². The minimum atomic E-state index is 0.0337. The predicted octanol–water partition coefficient (Wildman–Crippen LogP) is 3.14. The highest BCUT2D eigenvalue weighted by Gasteiger charge is 2.29. The molecule has 0 radical (unpaired) electrons. The lowest BCUT2D eigenvalue weighted by Gasteiger charge is -2.11. The molecule has 1 saturated carbocycles. The number of hydrogen-bond donors (Lipinski definition) is 1. The Hall–Kier alpha value is -1.40. The maximum atomic E-state index is 12.2. The number of imidazole rings is 1. The molecular formula is C13H13N3OS2. The van der Waals surface area contributed by atoms with Crippen molar-refractivity contribution in [3.8, 4) is 0 Å². The first-order valence-electron chi connectivity index (χ1n) is 6.38. The molecule has 4 nitrogen and oxygen atoms in total. The fourth-order valence-corrected chi connectivity index (χ4v) is 4.05. The van der Waals surface area contributed by atoms with Gasteiger partial charge in [0, 0.05) is 17.6 Å². The van der Waals surface area contributed by atoms with Crippen LogP contribution in [-0.4, -0.2) is 21.3 Å². The number of carbonyl (C=O) groups excluding carboxylic acids is 1. The number of thiazole rings is 1. The number of aromatic nitrogens is 2. The van der Waals surface area contributed by atoms with E-state index in [0.717, 1.165) is 20.2 Å². The molecule has 3 aromatic heterocycles. The molecule has 1 N–H and O–H groups in total. The Kier molecular flexibility index (Phi) is 2.43. The van der Waals surface area contributed by atoms with Crippen LogP contribution in [0.25, 0.3) is 15.3 Å². The average Bonchev–Trinajstić information content (AvgIpc) is 2.86. The average molecular weight is 291 g/mol. The lowest BCUT2D eigenvalue weighted by atomic mass is 10.2. The van der Waals surface area contributed by atoms with Gasteiger partial charge >= 0.3 is 0 Å². The molecule has 0 saturated heterocycles. The van der Waals surface area contributed by atoms with Crippen molar-refractivity contribution in [2.24, 2.45) is 5.92 Å². The second-order valence-electron chi connectivity index (χ2n) is 5.07. The Balaban J connectivity index is 1.66. The molecule has 0 bridgehead atoms. The van der Waals surface area contributed by atoms with Gasteiger partial charge in [-0.05, 0) is 31.7 Å². The maximum Gasteiger partial charge on any atom is 0.261 e. The van der Waals surface area contributed by atoms with E-state index in [1.54, 1.807) is 11.3 Å². The molecular weight excluding hydrogens is 278 g/mol. The summed E-state index contributed by atoms with van der Waals surface area (Å²) >= 11 is 3.09. The van der Waals surface area contributed by atoms with E-state index in [2.05, 4.69) is 17.2 Å². The van der Waals surface area contributed by atoms with E-state index in [1.165, 1.54) is 24.2 Å². The van der Waals surface area contributed by atoms with Crippen molar-refractivity contribution in [2.75, 3.05) is 0 Å². The van der Waals surface area contributed by atoms with Crippen LogP contribution in [0.15, 0.2) is 17.6 Å². The second-order valence-corrected chi connectivity index (χ2v) is 6.97. The van der Waals surface area contributed by atoms with Crippen LogP contribution >= 0.6 is 22.7 Å². The molecule has 3 aromatic rings. The number of amides is 1. The molecule has 1 aliphatic carbocycles. The third kappa shape index (κ3) is 1.86. The van der Waals surface area contributed by atoms with E-state index >= 15 is 0 Å². The molecule has 0 aromatic carbocycles. The Morgan fingerprint density at radius 1 is 1.58 bits per heavy atom. The third-order valence-electron chi connectivity index (χ3n) is 3.65. The lowest BCUT2D eigenvalue weighted by molar-refractivity contribution is 0.0940. The summed E-state index contributed by atoms with van der Waals surface area (Å²) in [6.45, 7) is 2.09. The summed E-state index contributed by atoms with van der Waals surface area (Å²) in [4.78, 5) is 19.4. The van der Waals surface area contributed by atoms with Gasteiger partial charge in [0.15, 0.2) is 4.96 Å². The van der Waals surface area contributed by atoms with Gasteiger partial charge in [-0.2, -0.15) is 0 Å². The number of nitrogens with one attached hydrogen (secondary N) is 1. The summed E-state index contributed by atoms with van der Waals surface area (Å²) in [6.07, 6.45) is 4.48. The van der Waals surface area contributed by atoms with Crippen LogP contribution in [0, 0.1) is 5.92 Å². The van der Waals surface area contributed by atoms with Gasteiger partial charge in [-0.1, -0.05) is 0 Å². The van der Waals surface area contributed by atoms with E-state index in [-0.39, 0.29) is 11.9 Å². The van der Waals surface area contributed by atoms with Crippen molar-refractivity contribution in [3.05, 3.63) is 22.5 Å². The number of thiophene rings is 1. The summed E-state index contributed by atoms with van der Waals surface area (Å²) in [5.74, 6) is 0.713. The minimum absolute atomic E-state index is 0.0337. The summed E-state index contributed by atoms with van der Waals surface area (Å²) in [5, 5.41) is 5.10. The number of nitrogens with zero attached hydrogens (tertiary/aromatic N) is 2. The fourth-order valence-electron chi connectivity index (χ4n) is 2.35. The number of hydrogen-bond acceptors (Lipinski definition) is 4. The Bertz CT molecular complexity index is 765. The van der Waals surface area contributed by atoms with Crippen molar-refractivity contribution in [1.82, 2.24) is 14.7 Å². The van der Waals surface area contributed by atoms with Gasteiger partial charge in [-0.3, -0.25) is 9.20 Å². The molecule has 1 unspecified atom stereocenters. The van der Waals surface area contributed by atoms with Gasteiger partial charge in [-0.25, -0.2) is 4.98 Å². The highest BCUT2D eigenvalue weighted by Crippen LogP contribution is 2.33. The van der Waals surface area contributed by atoms with Crippen LogP contribution in [0.5, 0.6) is 0 Å². The van der Waals surface area contributed by atoms with Crippen molar-refractivity contribution in [3.63, 3.8) is 0 Å². The van der Waals surface area contributed by atoms with Crippen LogP contribution in [-0.2, 0) is 0 Å². The highest BCUT2D eigenvalue weighted by molar-refractivity contribution is 7.21. The monoisotopic (exact) mass is 291 g/mol. The SMILES string of the molecule is CC(NC(=O)c1cc2c(nc3sccn32)s1)C1CC1. The maximum absolute atomic E-state index is 12.2. The summed E-state index contributed by atoms with van der Waals surface area (Å²) in [5.41, 5.74) is 1.03. The Morgan fingerprint density at radius 3 is 3.21 bits per heavy atom. The van der Waals surface area contributed by atoms with Gasteiger partial charge in [0.1, 0.15) is 4.83 Å². The zero-order valence-corrected chi connectivity index (χ0v) is 12.1. The van der Waals surface area contributed by atoms with Crippen LogP contribution < -0.4 is 5.32 Å². The molecule has 1 amide bonds. The molecule has 1 fully saturated rings. The molecule has 98 valence electrons. The van der Waals surface area contributed by atoms with Gasteiger partial charge in [0.2, 0.25) is 0 Å². The molecule has 1 aliphatic rings. The number of rotatable bonds is 3. The van der Waals surface area contributed by atoms with Crippen LogP contribution in [0.2, 0.25) is 0 Å². The first kappa shape index (κ1) is 11.4. The third-order valence-corrected chi connectivity index (χ3v) is 5.42. The standard InChI is InChI=1S/C13H13N3OS2/c1-7(8-2-3-8)14-11(17)10-6-9-12(19-10)15-13-16(9)4-5-18-13/h4-8H,2-3H2,1H3,(H,14,17). The highest BCUT2D eigenvalue weighted by atomic mass is 32.1. The van der Waals surface area contributed by atoms with Crippen molar-refractivity contribution in [2.45, 2.75) is 25.8 Å². The van der Waals surface area contributed by atoms with Gasteiger partial charge in [0.25, 0.3) is 5.91 Å². The van der Waals surface area contributed by atoms with Gasteiger partial charge < -0.3 is 5.32 Å². The van der Waals surface area contributed by atoms with Crippen LogP contribution in [0.1, 0.15) is 29.4 Å². The molecule has 0 aliphatic heterocycles. The zero-order chi connectivity index (χ0) is 13.0. The first-order chi connectivity index (χ1) is 9.22. The second kappa shape index (κ2) is 4.05. The number of fused-ring (bicyclic) bond motifs is 3. The molecule has 0 spiro atoms. The van der Waals surface area contributed by atoms with E-state index in [4.69, 9.17) is 0 Å². The number of carbonyl (C=O) groups is 1. The van der Waals surface area contributed by atoms with Gasteiger partial charge in [-0.15, -0.1) is 22.7 Å². The van der Waals surface area contributed by atoms with Crippen molar-refractivity contribution in [1.29, 1.82) is 0 Å². The molecule has 6 heteroatoms. The fraction of sp³-hybridized carbons (Fsp3) is 0.385. The molecule has 4 rings (SSSR count). The largest absolute Gasteiger partial charge is 0.349 e. The quantitative estimate of drug-likeness (QED) is 0.806. The van der Waals surface area contributed by atoms with E-state index < -0.39 is 0 Å². The minimum Gasteiger partial charge on any atom is -0.349 e. The summed E-state index contributed by atoms with van der Waals surface area (Å²) in [7, 11) is 0. The first-order valence-corrected chi connectivity index (χ1v) is 8.08. The van der Waals surface area contributed by atoms with E-state index in [1.807, 2.05) is 22.0 Å². The predicted molar refractivity (Wildman–Crippen MR) is 78.1 cm³/mol. The Labute approximate surface area is 118 Å². The van der Waals surface area contributed by atoms with Crippen molar-refractivity contribution >= 4 is 43.9 Å². The van der Waals surface area contributed by atoms with E-state index in [9.17, 15) is 4.79 Å². The topological polar surface area (TPSA) is 46.4 Å². The van der Waals surface area contributed by atoms with Gasteiger partial charge in [0.05, 0.1) is 10.4 Å². The lowest BCUT2D eigenvalue weighted by Crippen LogP contribution is -2.33. The summed E-state index contributed by atoms with van der Waals surface area (Å²) < 4.78 is 2.04. The molecule has 3 heterocycles. The molecule has 1 atom stereocenters. The normalized spacial score (nSPS) is 17.1. The Morgan fingerprint density at radius 2 is 2.42 bits per heavy atom. The van der Waals surface area contributed by atoms with E-state index in [0.29, 0.717) is 5.92 Å². The van der Waals surface area contributed by atoms with Crippen LogP contribution in [0.4, 0.5) is 0 Å². The van der Waals surface area contributed by atoms with Crippen LogP contribution in [0.3, 0.4) is 0 Å². The smallest absolute Gasteiger partial charge is 0.261 e. The summed E-state index contributed by atoms with van der Waals surface area (Å²) in [6, 6.07) is 2.23.